The van der Waals surface area contributed by atoms with Crippen LogP contribution in [0.4, 0.5) is 5.95 Å². The highest BCUT2D eigenvalue weighted by molar-refractivity contribution is 9.10. The maximum absolute atomic E-state index is 4.52. The number of halogens is 1. The summed E-state index contributed by atoms with van der Waals surface area (Å²) >= 11 is 3.54. The fourth-order valence-electron chi connectivity index (χ4n) is 1.91. The summed E-state index contributed by atoms with van der Waals surface area (Å²) in [4.78, 5) is 4.52. The lowest BCUT2D eigenvalue weighted by Crippen LogP contribution is -2.14. The third-order valence-electron chi connectivity index (χ3n) is 2.55. The first-order valence-electron chi connectivity index (χ1n) is 6.06. The minimum absolute atomic E-state index is 0.360. The summed E-state index contributed by atoms with van der Waals surface area (Å²) in [6, 6.07) is 6.71. The number of nitrogens with one attached hydrogen (secondary N) is 1. The number of anilines is 1. The summed E-state index contributed by atoms with van der Waals surface area (Å²) in [6.07, 6.45) is 2.05. The SMILES string of the molecule is Cc1cc(Br)cc(-n2cc(C)nc2NC(C)C)c1. The van der Waals surface area contributed by atoms with Gasteiger partial charge in [0.25, 0.3) is 0 Å². The Labute approximate surface area is 116 Å². The lowest BCUT2D eigenvalue weighted by Gasteiger charge is -2.13. The Bertz CT molecular complexity index is 538. The Morgan fingerprint density at radius 1 is 1.22 bits per heavy atom. The van der Waals surface area contributed by atoms with Gasteiger partial charge >= 0.3 is 0 Å². The van der Waals surface area contributed by atoms with E-state index in [0.29, 0.717) is 6.04 Å². The van der Waals surface area contributed by atoms with Crippen molar-refractivity contribution in [2.24, 2.45) is 0 Å². The van der Waals surface area contributed by atoms with Crippen molar-refractivity contribution in [2.75, 3.05) is 5.32 Å². The Morgan fingerprint density at radius 3 is 2.56 bits per heavy atom. The van der Waals surface area contributed by atoms with Crippen molar-refractivity contribution in [3.05, 3.63) is 40.1 Å². The second kappa shape index (κ2) is 5.14. The Hall–Kier alpha value is -1.29. The van der Waals surface area contributed by atoms with Crippen molar-refractivity contribution in [3.63, 3.8) is 0 Å². The Morgan fingerprint density at radius 2 is 1.94 bits per heavy atom. The van der Waals surface area contributed by atoms with E-state index in [1.54, 1.807) is 0 Å². The smallest absolute Gasteiger partial charge is 0.207 e. The van der Waals surface area contributed by atoms with Gasteiger partial charge in [0.15, 0.2) is 0 Å². The van der Waals surface area contributed by atoms with Crippen molar-refractivity contribution in [1.82, 2.24) is 9.55 Å². The van der Waals surface area contributed by atoms with Gasteiger partial charge in [-0.3, -0.25) is 4.57 Å². The number of rotatable bonds is 3. The predicted molar refractivity (Wildman–Crippen MR) is 79.5 cm³/mol. The van der Waals surface area contributed by atoms with Gasteiger partial charge in [0, 0.05) is 22.4 Å². The maximum Gasteiger partial charge on any atom is 0.207 e. The summed E-state index contributed by atoms with van der Waals surface area (Å²) in [6.45, 7) is 8.32. The van der Waals surface area contributed by atoms with Gasteiger partial charge in [0.05, 0.1) is 5.69 Å². The molecule has 3 nitrogen and oxygen atoms in total. The number of aryl methyl sites for hydroxylation is 2. The first-order valence-corrected chi connectivity index (χ1v) is 6.85. The van der Waals surface area contributed by atoms with E-state index in [4.69, 9.17) is 0 Å². The van der Waals surface area contributed by atoms with Gasteiger partial charge in [-0.05, 0) is 51.5 Å². The zero-order chi connectivity index (χ0) is 13.3. The van der Waals surface area contributed by atoms with Gasteiger partial charge in [-0.2, -0.15) is 0 Å². The van der Waals surface area contributed by atoms with E-state index in [-0.39, 0.29) is 0 Å². The van der Waals surface area contributed by atoms with Crippen molar-refractivity contribution < 1.29 is 0 Å². The highest BCUT2D eigenvalue weighted by Gasteiger charge is 2.09. The molecule has 1 N–H and O–H groups in total. The third-order valence-corrected chi connectivity index (χ3v) is 3.01. The first-order chi connectivity index (χ1) is 8.45. The molecule has 4 heteroatoms. The molecule has 1 aromatic carbocycles. The second-order valence-corrected chi connectivity index (χ2v) is 5.78. The number of aromatic nitrogens is 2. The number of nitrogens with zero attached hydrogens (tertiary/aromatic N) is 2. The van der Waals surface area contributed by atoms with Crippen LogP contribution >= 0.6 is 15.9 Å². The van der Waals surface area contributed by atoms with Crippen LogP contribution in [0.15, 0.2) is 28.9 Å². The van der Waals surface area contributed by atoms with Crippen LogP contribution in [0.3, 0.4) is 0 Å². The van der Waals surface area contributed by atoms with E-state index in [9.17, 15) is 0 Å². The first kappa shape index (κ1) is 13.1. The quantitative estimate of drug-likeness (QED) is 0.926. The molecule has 0 fully saturated rings. The van der Waals surface area contributed by atoms with Crippen LogP contribution in [-0.2, 0) is 0 Å². The zero-order valence-electron chi connectivity index (χ0n) is 11.2. The van der Waals surface area contributed by atoms with Gasteiger partial charge in [0.1, 0.15) is 0 Å². The fourth-order valence-corrected chi connectivity index (χ4v) is 2.51. The van der Waals surface area contributed by atoms with E-state index in [1.807, 2.05) is 13.1 Å². The molecule has 0 aliphatic heterocycles. The summed E-state index contributed by atoms with van der Waals surface area (Å²) in [5.74, 6) is 0.889. The molecule has 2 aromatic rings. The predicted octanol–water partition coefficient (Wildman–Crippen LogP) is 4.07. The van der Waals surface area contributed by atoms with Crippen LogP contribution in [0.1, 0.15) is 25.1 Å². The molecule has 0 unspecified atom stereocenters. The Balaban J connectivity index is 2.49. The summed E-state index contributed by atoms with van der Waals surface area (Å²) < 4.78 is 3.17. The molecule has 0 amide bonds. The van der Waals surface area contributed by atoms with Crippen LogP contribution in [0.25, 0.3) is 5.69 Å². The van der Waals surface area contributed by atoms with Crippen LogP contribution in [0.2, 0.25) is 0 Å². The van der Waals surface area contributed by atoms with E-state index < -0.39 is 0 Å². The largest absolute Gasteiger partial charge is 0.353 e. The van der Waals surface area contributed by atoms with Crippen molar-refractivity contribution >= 4 is 21.9 Å². The van der Waals surface area contributed by atoms with Crippen LogP contribution in [0, 0.1) is 13.8 Å². The third kappa shape index (κ3) is 2.93. The topological polar surface area (TPSA) is 29.9 Å². The molecule has 18 heavy (non-hydrogen) atoms. The average molecular weight is 308 g/mol. The van der Waals surface area contributed by atoms with Crippen LogP contribution in [0.5, 0.6) is 0 Å². The maximum atomic E-state index is 4.52. The summed E-state index contributed by atoms with van der Waals surface area (Å²) in [5.41, 5.74) is 3.35. The minimum Gasteiger partial charge on any atom is -0.353 e. The molecule has 0 aliphatic carbocycles. The monoisotopic (exact) mass is 307 g/mol. The molecular weight excluding hydrogens is 290 g/mol. The number of benzene rings is 1. The number of hydrogen-bond donors (Lipinski definition) is 1. The zero-order valence-corrected chi connectivity index (χ0v) is 12.7. The number of hydrogen-bond acceptors (Lipinski definition) is 2. The molecule has 0 aliphatic rings. The van der Waals surface area contributed by atoms with Crippen molar-refractivity contribution in [2.45, 2.75) is 33.7 Å². The highest BCUT2D eigenvalue weighted by Crippen LogP contribution is 2.22. The molecule has 0 spiro atoms. The van der Waals surface area contributed by atoms with Gasteiger partial charge < -0.3 is 5.32 Å². The normalized spacial score (nSPS) is 11.0. The van der Waals surface area contributed by atoms with Gasteiger partial charge in [-0.15, -0.1) is 0 Å². The van der Waals surface area contributed by atoms with E-state index >= 15 is 0 Å². The van der Waals surface area contributed by atoms with E-state index in [1.165, 1.54) is 5.56 Å². The van der Waals surface area contributed by atoms with E-state index in [2.05, 4.69) is 69.8 Å². The fraction of sp³-hybridized carbons (Fsp3) is 0.357. The molecule has 0 radical (unpaired) electrons. The second-order valence-electron chi connectivity index (χ2n) is 4.86. The Kier molecular flexibility index (Phi) is 3.76. The van der Waals surface area contributed by atoms with Crippen molar-refractivity contribution in [3.8, 4) is 5.69 Å². The summed E-state index contributed by atoms with van der Waals surface area (Å²) in [7, 11) is 0. The van der Waals surface area contributed by atoms with Gasteiger partial charge in [0.2, 0.25) is 5.95 Å². The van der Waals surface area contributed by atoms with Gasteiger partial charge in [-0.25, -0.2) is 4.98 Å². The van der Waals surface area contributed by atoms with E-state index in [0.717, 1.165) is 21.8 Å². The highest BCUT2D eigenvalue weighted by atomic mass is 79.9. The minimum atomic E-state index is 0.360. The van der Waals surface area contributed by atoms with Crippen LogP contribution < -0.4 is 5.32 Å². The lowest BCUT2D eigenvalue weighted by molar-refractivity contribution is 0.863. The molecule has 0 saturated carbocycles. The molecule has 0 atom stereocenters. The van der Waals surface area contributed by atoms with Gasteiger partial charge in [-0.1, -0.05) is 15.9 Å². The summed E-state index contributed by atoms with van der Waals surface area (Å²) in [5, 5.41) is 3.37. The lowest BCUT2D eigenvalue weighted by atomic mass is 10.2. The number of imidazole rings is 1. The van der Waals surface area contributed by atoms with Crippen LogP contribution in [-0.4, -0.2) is 15.6 Å². The molecule has 0 saturated heterocycles. The molecule has 1 aromatic heterocycles. The average Bonchev–Trinajstić information content (AvgIpc) is 2.56. The molecule has 2 rings (SSSR count). The molecule has 96 valence electrons. The molecule has 0 bridgehead atoms. The van der Waals surface area contributed by atoms with Crippen molar-refractivity contribution in [1.29, 1.82) is 0 Å². The molecule has 1 heterocycles. The molecular formula is C14H18BrN3. The standard InChI is InChI=1S/C14H18BrN3/c1-9(2)16-14-17-11(4)8-18(14)13-6-10(3)5-12(15)7-13/h5-9H,1-4H3,(H,16,17).